The second kappa shape index (κ2) is 12.8. The van der Waals surface area contributed by atoms with Crippen LogP contribution in [0.3, 0.4) is 0 Å². The lowest BCUT2D eigenvalue weighted by molar-refractivity contribution is -0.113. The number of nitrogens with one attached hydrogen (secondary N) is 2. The lowest BCUT2D eigenvalue weighted by Gasteiger charge is -2.22. The SMILES string of the molecule is C=CCn1c(SCC(=O)Nc2ccc(Cl)cc2Cl)nnc1C(NC(=O)c1ccc(OC)cc1)C(C)C. The van der Waals surface area contributed by atoms with E-state index in [2.05, 4.69) is 27.4 Å². The van der Waals surface area contributed by atoms with Gasteiger partial charge in [-0.15, -0.1) is 16.8 Å². The van der Waals surface area contributed by atoms with E-state index in [4.69, 9.17) is 27.9 Å². The minimum Gasteiger partial charge on any atom is -0.497 e. The van der Waals surface area contributed by atoms with Gasteiger partial charge in [0.2, 0.25) is 5.91 Å². The Morgan fingerprint density at radius 1 is 1.17 bits per heavy atom. The number of nitrogens with zero attached hydrogens (tertiary/aromatic N) is 3. The number of methoxy groups -OCH3 is 1. The van der Waals surface area contributed by atoms with Gasteiger partial charge < -0.3 is 19.9 Å². The summed E-state index contributed by atoms with van der Waals surface area (Å²) in [4.78, 5) is 25.5. The van der Waals surface area contributed by atoms with Crippen molar-refractivity contribution >= 4 is 52.5 Å². The Morgan fingerprint density at radius 3 is 2.50 bits per heavy atom. The van der Waals surface area contributed by atoms with Gasteiger partial charge in [0.15, 0.2) is 11.0 Å². The summed E-state index contributed by atoms with van der Waals surface area (Å²) in [6.45, 7) is 8.21. The van der Waals surface area contributed by atoms with Crippen LogP contribution in [0.5, 0.6) is 5.75 Å². The molecule has 0 saturated carbocycles. The third kappa shape index (κ3) is 7.02. The molecule has 1 unspecified atom stereocenters. The predicted molar refractivity (Wildman–Crippen MR) is 144 cm³/mol. The molecule has 8 nitrogen and oxygen atoms in total. The summed E-state index contributed by atoms with van der Waals surface area (Å²) in [5.41, 5.74) is 0.976. The van der Waals surface area contributed by atoms with Crippen LogP contribution in [0, 0.1) is 5.92 Å². The molecule has 0 aliphatic rings. The molecule has 0 radical (unpaired) electrons. The molecule has 1 heterocycles. The van der Waals surface area contributed by atoms with Crippen LogP contribution in [0.1, 0.15) is 36.1 Å². The van der Waals surface area contributed by atoms with E-state index >= 15 is 0 Å². The van der Waals surface area contributed by atoms with E-state index in [-0.39, 0.29) is 23.5 Å². The number of amides is 2. The molecule has 0 aliphatic heterocycles. The number of anilines is 1. The van der Waals surface area contributed by atoms with Gasteiger partial charge in [-0.25, -0.2) is 0 Å². The number of rotatable bonds is 11. The molecule has 0 bridgehead atoms. The van der Waals surface area contributed by atoms with Crippen LogP contribution in [-0.2, 0) is 11.3 Å². The first-order valence-corrected chi connectivity index (χ1v) is 12.8. The number of carbonyl (C=O) groups excluding carboxylic acids is 2. The molecule has 0 aliphatic carbocycles. The van der Waals surface area contributed by atoms with Crippen LogP contribution in [0.25, 0.3) is 0 Å². The molecule has 3 aromatic rings. The highest BCUT2D eigenvalue weighted by Gasteiger charge is 2.26. The third-order valence-electron chi connectivity index (χ3n) is 5.18. The second-order valence-corrected chi connectivity index (χ2v) is 9.91. The van der Waals surface area contributed by atoms with Crippen LogP contribution >= 0.6 is 35.0 Å². The Hall–Kier alpha value is -3.01. The number of allylic oxidation sites excluding steroid dienone is 1. The Labute approximate surface area is 224 Å². The topological polar surface area (TPSA) is 98.1 Å². The fourth-order valence-corrected chi connectivity index (χ4v) is 4.55. The average Bonchev–Trinajstić information content (AvgIpc) is 3.25. The number of ether oxygens (including phenoxy) is 1. The molecule has 190 valence electrons. The van der Waals surface area contributed by atoms with Crippen LogP contribution in [0.2, 0.25) is 10.0 Å². The van der Waals surface area contributed by atoms with Crippen molar-refractivity contribution in [3.8, 4) is 5.75 Å². The van der Waals surface area contributed by atoms with E-state index < -0.39 is 6.04 Å². The zero-order chi connectivity index (χ0) is 26.2. The Morgan fingerprint density at radius 2 is 1.89 bits per heavy atom. The standard InChI is InChI=1S/C25H27Cl2N5O3S/c1-5-12-32-23(22(15(2)3)29-24(34)16-6-9-18(35-4)10-7-16)30-31-25(32)36-14-21(33)28-20-11-8-17(26)13-19(20)27/h5-11,13,15,22H,1,12,14H2,2-4H3,(H,28,33)(H,29,34). The predicted octanol–water partition coefficient (Wildman–Crippen LogP) is 5.64. The lowest BCUT2D eigenvalue weighted by atomic mass is 10.0. The summed E-state index contributed by atoms with van der Waals surface area (Å²) >= 11 is 13.3. The van der Waals surface area contributed by atoms with Crippen molar-refractivity contribution in [2.45, 2.75) is 31.6 Å². The Bertz CT molecular complexity index is 1230. The molecule has 2 amide bonds. The highest BCUT2D eigenvalue weighted by Crippen LogP contribution is 2.28. The van der Waals surface area contributed by atoms with E-state index in [1.165, 1.54) is 11.8 Å². The molecule has 2 aromatic carbocycles. The minimum atomic E-state index is -0.414. The van der Waals surface area contributed by atoms with Gasteiger partial charge in [-0.1, -0.05) is 54.9 Å². The normalized spacial score (nSPS) is 11.7. The van der Waals surface area contributed by atoms with Crippen molar-refractivity contribution in [2.75, 3.05) is 18.2 Å². The molecule has 11 heteroatoms. The van der Waals surface area contributed by atoms with Crippen LogP contribution in [-0.4, -0.2) is 39.4 Å². The van der Waals surface area contributed by atoms with E-state index in [9.17, 15) is 9.59 Å². The molecular weight excluding hydrogens is 521 g/mol. The van der Waals surface area contributed by atoms with Crippen molar-refractivity contribution in [3.05, 3.63) is 76.6 Å². The van der Waals surface area contributed by atoms with E-state index in [1.54, 1.807) is 55.7 Å². The first-order valence-electron chi connectivity index (χ1n) is 11.1. The third-order valence-corrected chi connectivity index (χ3v) is 6.69. The molecular formula is C25H27Cl2N5O3S. The summed E-state index contributed by atoms with van der Waals surface area (Å²) in [5, 5.41) is 15.8. The molecule has 36 heavy (non-hydrogen) atoms. The summed E-state index contributed by atoms with van der Waals surface area (Å²) < 4.78 is 7.01. The second-order valence-electron chi connectivity index (χ2n) is 8.12. The molecule has 0 spiro atoms. The van der Waals surface area contributed by atoms with Gasteiger partial charge in [-0.2, -0.15) is 0 Å². The fourth-order valence-electron chi connectivity index (χ4n) is 3.34. The van der Waals surface area contributed by atoms with Gasteiger partial charge in [0.05, 0.1) is 29.6 Å². The first-order chi connectivity index (χ1) is 17.2. The number of halogens is 2. The molecule has 0 fully saturated rings. The number of hydrogen-bond acceptors (Lipinski definition) is 6. The Kier molecular flexibility index (Phi) is 9.81. The monoisotopic (exact) mass is 547 g/mol. The number of carbonyl (C=O) groups is 2. The summed E-state index contributed by atoms with van der Waals surface area (Å²) in [6.07, 6.45) is 1.72. The first kappa shape index (κ1) is 27.6. The molecule has 2 N–H and O–H groups in total. The largest absolute Gasteiger partial charge is 0.497 e. The summed E-state index contributed by atoms with van der Waals surface area (Å²) in [5.74, 6) is 0.856. The van der Waals surface area contributed by atoms with Crippen molar-refractivity contribution in [2.24, 2.45) is 5.92 Å². The van der Waals surface area contributed by atoms with Crippen molar-refractivity contribution in [3.63, 3.8) is 0 Å². The van der Waals surface area contributed by atoms with Crippen LogP contribution in [0.4, 0.5) is 5.69 Å². The zero-order valence-corrected chi connectivity index (χ0v) is 22.5. The maximum atomic E-state index is 12.9. The van der Waals surface area contributed by atoms with E-state index in [0.29, 0.717) is 44.6 Å². The molecule has 1 aromatic heterocycles. The summed E-state index contributed by atoms with van der Waals surface area (Å²) in [7, 11) is 1.57. The van der Waals surface area contributed by atoms with E-state index in [0.717, 1.165) is 0 Å². The Balaban J connectivity index is 1.74. The van der Waals surface area contributed by atoms with Gasteiger partial charge in [-0.05, 0) is 48.4 Å². The number of benzene rings is 2. The quantitative estimate of drug-likeness (QED) is 0.238. The van der Waals surface area contributed by atoms with Crippen LogP contribution in [0.15, 0.2) is 60.3 Å². The minimum absolute atomic E-state index is 0.0214. The number of thioether (sulfide) groups is 1. The van der Waals surface area contributed by atoms with E-state index in [1.807, 2.05) is 18.4 Å². The smallest absolute Gasteiger partial charge is 0.251 e. The zero-order valence-electron chi connectivity index (χ0n) is 20.1. The maximum absolute atomic E-state index is 12.9. The van der Waals surface area contributed by atoms with Crippen molar-refractivity contribution in [1.82, 2.24) is 20.1 Å². The van der Waals surface area contributed by atoms with Gasteiger partial charge >= 0.3 is 0 Å². The summed E-state index contributed by atoms with van der Waals surface area (Å²) in [6, 6.07) is 11.3. The lowest BCUT2D eigenvalue weighted by Crippen LogP contribution is -2.33. The fraction of sp³-hybridized carbons (Fsp3) is 0.280. The van der Waals surface area contributed by atoms with Gasteiger partial charge in [0.25, 0.3) is 5.91 Å². The van der Waals surface area contributed by atoms with Gasteiger partial charge in [-0.3, -0.25) is 9.59 Å². The maximum Gasteiger partial charge on any atom is 0.251 e. The molecule has 0 saturated heterocycles. The highest BCUT2D eigenvalue weighted by molar-refractivity contribution is 7.99. The highest BCUT2D eigenvalue weighted by atomic mass is 35.5. The molecule has 3 rings (SSSR count). The van der Waals surface area contributed by atoms with Gasteiger partial charge in [0.1, 0.15) is 5.75 Å². The van der Waals surface area contributed by atoms with Crippen molar-refractivity contribution in [1.29, 1.82) is 0 Å². The molecule has 1 atom stereocenters. The van der Waals surface area contributed by atoms with Crippen molar-refractivity contribution < 1.29 is 14.3 Å². The number of hydrogen-bond donors (Lipinski definition) is 2. The van der Waals surface area contributed by atoms with Gasteiger partial charge in [0, 0.05) is 17.1 Å². The number of aromatic nitrogens is 3. The van der Waals surface area contributed by atoms with Crippen LogP contribution < -0.4 is 15.4 Å². The average molecular weight is 548 g/mol.